The van der Waals surface area contributed by atoms with Gasteiger partial charge in [-0.25, -0.2) is 0 Å². The minimum Gasteiger partial charge on any atom is -0.322 e. The lowest BCUT2D eigenvalue weighted by atomic mass is 10.0. The molecule has 0 radical (unpaired) electrons. The average Bonchev–Trinajstić information content (AvgIpc) is 2.91. The van der Waals surface area contributed by atoms with E-state index in [1.165, 1.54) is 0 Å². The summed E-state index contributed by atoms with van der Waals surface area (Å²) in [5.74, 6) is 0.981. The third-order valence-electron chi connectivity index (χ3n) is 3.91. The van der Waals surface area contributed by atoms with Crippen molar-refractivity contribution in [2.24, 2.45) is 12.0 Å². The van der Waals surface area contributed by atoms with Gasteiger partial charge >= 0.3 is 0 Å². The van der Waals surface area contributed by atoms with E-state index in [4.69, 9.17) is 16.6 Å². The van der Waals surface area contributed by atoms with Crippen LogP contribution in [0.2, 0.25) is 5.02 Å². The zero-order valence-corrected chi connectivity index (χ0v) is 14.9. The maximum atomic E-state index is 11.9. The molecule has 1 aromatic rings. The Morgan fingerprint density at radius 1 is 1.39 bits per heavy atom. The molecule has 2 atom stereocenters. The highest BCUT2D eigenvalue weighted by Gasteiger charge is 2.34. The van der Waals surface area contributed by atoms with Crippen molar-refractivity contribution in [2.75, 3.05) is 12.8 Å². The number of fused-ring (bicyclic) bond motifs is 1. The summed E-state index contributed by atoms with van der Waals surface area (Å²) in [6, 6.07) is 0.238. The molecule has 0 amide bonds. The van der Waals surface area contributed by atoms with E-state index in [0.29, 0.717) is 15.7 Å². The molecule has 23 heavy (non-hydrogen) atoms. The van der Waals surface area contributed by atoms with Crippen LogP contribution in [0.25, 0.3) is 5.70 Å². The van der Waals surface area contributed by atoms with Crippen LogP contribution in [0.3, 0.4) is 0 Å². The third kappa shape index (κ3) is 2.78. The molecule has 5 nitrogen and oxygen atoms in total. The molecule has 2 unspecified atom stereocenters. The molecule has 0 spiro atoms. The molecular weight excluding hydrogens is 332 g/mol. The van der Waals surface area contributed by atoms with E-state index in [9.17, 15) is 4.21 Å². The molecule has 0 saturated heterocycles. The van der Waals surface area contributed by atoms with Gasteiger partial charge in [-0.3, -0.25) is 13.9 Å². The molecule has 0 bridgehead atoms. The zero-order valence-electron chi connectivity index (χ0n) is 13.3. The number of amidine groups is 1. The van der Waals surface area contributed by atoms with Gasteiger partial charge in [0, 0.05) is 19.8 Å². The number of allylic oxidation sites excluding steroid dienone is 2. The van der Waals surface area contributed by atoms with E-state index >= 15 is 0 Å². The average molecular weight is 355 g/mol. The molecule has 126 valence electrons. The van der Waals surface area contributed by atoms with Crippen molar-refractivity contribution >= 4 is 33.9 Å². The van der Waals surface area contributed by atoms with E-state index in [1.54, 1.807) is 18.0 Å². The zero-order chi connectivity index (χ0) is 16.2. The van der Waals surface area contributed by atoms with Crippen molar-refractivity contribution in [3.63, 3.8) is 0 Å². The van der Waals surface area contributed by atoms with Crippen LogP contribution in [-0.4, -0.2) is 43.6 Å². The second-order valence-electron chi connectivity index (χ2n) is 5.82. The molecule has 1 aromatic heterocycles. The summed E-state index contributed by atoms with van der Waals surface area (Å²) in [5.41, 5.74) is 3.89. The van der Waals surface area contributed by atoms with E-state index in [2.05, 4.69) is 29.9 Å². The molecule has 0 fully saturated rings. The van der Waals surface area contributed by atoms with Gasteiger partial charge in [0.2, 0.25) is 0 Å². The van der Waals surface area contributed by atoms with Crippen LogP contribution in [0.15, 0.2) is 27.2 Å². The van der Waals surface area contributed by atoms with E-state index < -0.39 is 10.8 Å². The number of rotatable bonds is 2. The monoisotopic (exact) mass is 354 g/mol. The number of nitrogens with zero attached hydrogens (tertiary/aromatic N) is 4. The second-order valence-corrected chi connectivity index (χ2v) is 7.49. The molecule has 2 aliphatic rings. The smallest absolute Gasteiger partial charge is 0.144 e. The van der Waals surface area contributed by atoms with Gasteiger partial charge in [-0.2, -0.15) is 5.10 Å². The number of aryl methyl sites for hydroxylation is 1. The van der Waals surface area contributed by atoms with Crippen molar-refractivity contribution in [1.82, 2.24) is 14.7 Å². The van der Waals surface area contributed by atoms with Crippen LogP contribution in [-0.2, 0) is 17.8 Å². The predicted molar refractivity (Wildman–Crippen MR) is 97.2 cm³/mol. The molecule has 0 saturated carbocycles. The van der Waals surface area contributed by atoms with Crippen molar-refractivity contribution in [2.45, 2.75) is 39.3 Å². The summed E-state index contributed by atoms with van der Waals surface area (Å²) < 4.78 is 13.5. The first-order chi connectivity index (χ1) is 10.3. The SMILES string of the molecule is C.CC1=CC(C)=C(c2nn(C)c(S(C)=O)c2Cl)N2CC(C)N=C12. The van der Waals surface area contributed by atoms with Crippen LogP contribution in [0.5, 0.6) is 0 Å². The van der Waals surface area contributed by atoms with Crippen molar-refractivity contribution in [3.8, 4) is 0 Å². The van der Waals surface area contributed by atoms with Crippen LogP contribution >= 0.6 is 11.6 Å². The molecule has 7 heteroatoms. The maximum Gasteiger partial charge on any atom is 0.144 e. The highest BCUT2D eigenvalue weighted by atomic mass is 35.5. The molecule has 0 aromatic carbocycles. The third-order valence-corrected chi connectivity index (χ3v) is 5.39. The molecule has 3 rings (SSSR count). The summed E-state index contributed by atoms with van der Waals surface area (Å²) >= 11 is 6.49. The molecular formula is C16H23ClN4OS. The minimum absolute atomic E-state index is 0. The Morgan fingerprint density at radius 2 is 2.04 bits per heavy atom. The normalized spacial score (nSPS) is 21.7. The second kappa shape index (κ2) is 6.24. The van der Waals surface area contributed by atoms with Gasteiger partial charge in [0.25, 0.3) is 0 Å². The lowest BCUT2D eigenvalue weighted by Crippen LogP contribution is -2.31. The highest BCUT2D eigenvalue weighted by Crippen LogP contribution is 2.37. The van der Waals surface area contributed by atoms with Gasteiger partial charge in [-0.05, 0) is 31.9 Å². The molecule has 0 aliphatic carbocycles. The van der Waals surface area contributed by atoms with Crippen molar-refractivity contribution < 1.29 is 4.21 Å². The number of aliphatic imine (C=N–C) groups is 1. The van der Waals surface area contributed by atoms with E-state index in [0.717, 1.165) is 29.2 Å². The van der Waals surface area contributed by atoms with Crippen molar-refractivity contribution in [1.29, 1.82) is 0 Å². The Kier molecular flexibility index (Phi) is 4.87. The van der Waals surface area contributed by atoms with Crippen LogP contribution in [0, 0.1) is 0 Å². The number of aromatic nitrogens is 2. The Labute approximate surface area is 145 Å². The Bertz CT molecular complexity index is 775. The van der Waals surface area contributed by atoms with Gasteiger partial charge in [0.1, 0.15) is 21.6 Å². The fraction of sp³-hybridized carbons (Fsp3) is 0.500. The quantitative estimate of drug-likeness (QED) is 0.819. The van der Waals surface area contributed by atoms with E-state index in [-0.39, 0.29) is 13.5 Å². The van der Waals surface area contributed by atoms with Gasteiger partial charge in [0.15, 0.2) is 0 Å². The van der Waals surface area contributed by atoms with Gasteiger partial charge in [0.05, 0.1) is 22.5 Å². The first kappa shape index (κ1) is 17.9. The van der Waals surface area contributed by atoms with Crippen LogP contribution in [0.4, 0.5) is 0 Å². The summed E-state index contributed by atoms with van der Waals surface area (Å²) in [6.07, 6.45) is 3.72. The van der Waals surface area contributed by atoms with Crippen LogP contribution < -0.4 is 0 Å². The summed E-state index contributed by atoms with van der Waals surface area (Å²) in [7, 11) is 0.586. The summed E-state index contributed by atoms with van der Waals surface area (Å²) in [5, 5.41) is 5.54. The Morgan fingerprint density at radius 3 is 2.61 bits per heavy atom. The van der Waals surface area contributed by atoms with Crippen molar-refractivity contribution in [3.05, 3.63) is 27.9 Å². The standard InChI is InChI=1S/C15H19ClN4OS.CH4/c1-8-6-9(2)14-17-10(3)7-20(14)13(8)12-11(16)15(22(5)21)19(4)18-12;/h6,10H,7H2,1-5H3;1H4. The Balaban J connectivity index is 0.00000192. The molecule has 3 heterocycles. The molecule has 2 aliphatic heterocycles. The topological polar surface area (TPSA) is 50.5 Å². The fourth-order valence-corrected chi connectivity index (χ4v) is 4.45. The lowest BCUT2D eigenvalue weighted by molar-refractivity contribution is 0.568. The lowest BCUT2D eigenvalue weighted by Gasteiger charge is -2.28. The van der Waals surface area contributed by atoms with E-state index in [1.807, 2.05) is 6.92 Å². The number of hydrogen-bond acceptors (Lipinski definition) is 4. The summed E-state index contributed by atoms with van der Waals surface area (Å²) in [4.78, 5) is 6.87. The summed E-state index contributed by atoms with van der Waals surface area (Å²) in [6.45, 7) is 7.02. The van der Waals surface area contributed by atoms with Gasteiger partial charge in [-0.15, -0.1) is 0 Å². The molecule has 0 N–H and O–H groups in total. The fourth-order valence-electron chi connectivity index (χ4n) is 3.11. The first-order valence-electron chi connectivity index (χ1n) is 7.12. The van der Waals surface area contributed by atoms with Gasteiger partial charge in [-0.1, -0.05) is 25.1 Å². The number of hydrogen-bond donors (Lipinski definition) is 0. The minimum atomic E-state index is -1.19. The maximum absolute atomic E-state index is 11.9. The van der Waals surface area contributed by atoms with Gasteiger partial charge < -0.3 is 4.90 Å². The number of halogens is 1. The first-order valence-corrected chi connectivity index (χ1v) is 9.06. The highest BCUT2D eigenvalue weighted by molar-refractivity contribution is 7.84. The largest absolute Gasteiger partial charge is 0.322 e. The Hall–Kier alpha value is -1.40. The predicted octanol–water partition coefficient (Wildman–Crippen LogP) is 3.24. The van der Waals surface area contributed by atoms with Crippen LogP contribution in [0.1, 0.15) is 33.9 Å².